The quantitative estimate of drug-likeness (QED) is 0.376. The summed E-state index contributed by atoms with van der Waals surface area (Å²) >= 11 is 0. The van der Waals surface area contributed by atoms with Crippen LogP contribution in [0.25, 0.3) is 22.6 Å². The number of aromatic amines is 1. The molecule has 3 heterocycles. The zero-order chi connectivity index (χ0) is 23.3. The summed E-state index contributed by atoms with van der Waals surface area (Å²) in [6, 6.07) is 20.3. The van der Waals surface area contributed by atoms with Crippen molar-refractivity contribution in [3.63, 3.8) is 0 Å². The fourth-order valence-electron chi connectivity index (χ4n) is 3.53. The smallest absolute Gasteiger partial charge is 0.273 e. The molecule has 2 aromatic carbocycles. The van der Waals surface area contributed by atoms with Crippen molar-refractivity contribution in [3.8, 4) is 28.4 Å². The van der Waals surface area contributed by atoms with E-state index in [4.69, 9.17) is 9.26 Å². The number of pyridine rings is 1. The predicted octanol–water partition coefficient (Wildman–Crippen LogP) is 4.37. The highest BCUT2D eigenvalue weighted by atomic mass is 16.5. The Hall–Kier alpha value is -4.79. The highest BCUT2D eigenvalue weighted by Crippen LogP contribution is 2.28. The number of amides is 1. The lowest BCUT2D eigenvalue weighted by Crippen LogP contribution is -2.14. The van der Waals surface area contributed by atoms with Crippen LogP contribution in [0.2, 0.25) is 0 Å². The maximum atomic E-state index is 12.9. The molecule has 5 rings (SSSR count). The van der Waals surface area contributed by atoms with Gasteiger partial charge in [0.25, 0.3) is 5.91 Å². The van der Waals surface area contributed by atoms with Crippen LogP contribution in [0.1, 0.15) is 21.9 Å². The third kappa shape index (κ3) is 4.40. The number of nitrogens with zero attached hydrogens (tertiary/aromatic N) is 4. The molecular weight excluding hydrogens is 432 g/mol. The lowest BCUT2D eigenvalue weighted by Gasteiger charge is -2.08. The lowest BCUT2D eigenvalue weighted by molar-refractivity contribution is 0.102. The number of H-pyrrole nitrogens is 1. The molecule has 9 heteroatoms. The van der Waals surface area contributed by atoms with Gasteiger partial charge in [-0.2, -0.15) is 10.1 Å². The molecule has 0 spiro atoms. The summed E-state index contributed by atoms with van der Waals surface area (Å²) in [7, 11) is 1.60. The van der Waals surface area contributed by atoms with Gasteiger partial charge in [-0.05, 0) is 42.0 Å². The highest BCUT2D eigenvalue weighted by Gasteiger charge is 2.16. The van der Waals surface area contributed by atoms with Gasteiger partial charge in [0, 0.05) is 29.2 Å². The van der Waals surface area contributed by atoms with Gasteiger partial charge in [0.2, 0.25) is 11.7 Å². The average molecular weight is 452 g/mol. The average Bonchev–Trinajstić information content (AvgIpc) is 3.56. The Labute approximate surface area is 194 Å². The Balaban J connectivity index is 1.33. The van der Waals surface area contributed by atoms with Crippen LogP contribution in [0.4, 0.5) is 5.69 Å². The van der Waals surface area contributed by atoms with Crippen molar-refractivity contribution < 1.29 is 14.1 Å². The van der Waals surface area contributed by atoms with Crippen LogP contribution in [0.15, 0.2) is 83.6 Å². The summed E-state index contributed by atoms with van der Waals surface area (Å²) in [4.78, 5) is 21.4. The molecule has 0 radical (unpaired) electrons. The van der Waals surface area contributed by atoms with E-state index < -0.39 is 0 Å². The van der Waals surface area contributed by atoms with Crippen LogP contribution in [0.5, 0.6) is 5.75 Å². The summed E-state index contributed by atoms with van der Waals surface area (Å²) in [5, 5.41) is 14.1. The number of hydrogen-bond donors (Lipinski definition) is 2. The van der Waals surface area contributed by atoms with E-state index in [0.29, 0.717) is 41.0 Å². The first-order chi connectivity index (χ1) is 16.7. The standard InChI is InChI=1S/C25H20N6O3/c1-33-22-9-5-3-7-18(22)20-15-21(30-29-20)25(32)27-19-8-4-2-6-17(19)14-23-28-24(31-34-23)16-10-12-26-13-11-16/h2-13,15H,14H2,1H3,(H,27,32)(H,29,30). The van der Waals surface area contributed by atoms with E-state index in [2.05, 4.69) is 30.6 Å². The first-order valence-electron chi connectivity index (χ1n) is 10.5. The number of benzene rings is 2. The Morgan fingerprint density at radius 2 is 1.85 bits per heavy atom. The zero-order valence-corrected chi connectivity index (χ0v) is 18.2. The van der Waals surface area contributed by atoms with Crippen LogP contribution in [-0.4, -0.2) is 38.3 Å². The van der Waals surface area contributed by atoms with E-state index >= 15 is 0 Å². The van der Waals surface area contributed by atoms with Gasteiger partial charge in [-0.25, -0.2) is 0 Å². The predicted molar refractivity (Wildman–Crippen MR) is 125 cm³/mol. The van der Waals surface area contributed by atoms with E-state index in [1.165, 1.54) is 0 Å². The van der Waals surface area contributed by atoms with Gasteiger partial charge in [0.1, 0.15) is 11.4 Å². The number of hydrogen-bond acceptors (Lipinski definition) is 7. The minimum atomic E-state index is -0.316. The molecule has 0 aliphatic rings. The third-order valence-electron chi connectivity index (χ3n) is 5.22. The molecule has 0 aliphatic carbocycles. The molecule has 2 N–H and O–H groups in total. The van der Waals surface area contributed by atoms with E-state index in [0.717, 1.165) is 16.7 Å². The Kier molecular flexibility index (Phi) is 5.81. The van der Waals surface area contributed by atoms with Crippen LogP contribution < -0.4 is 10.1 Å². The maximum absolute atomic E-state index is 12.9. The van der Waals surface area contributed by atoms with Gasteiger partial charge in [0.15, 0.2) is 0 Å². The third-order valence-corrected chi connectivity index (χ3v) is 5.22. The van der Waals surface area contributed by atoms with Crippen LogP contribution in [0, 0.1) is 0 Å². The Bertz CT molecular complexity index is 1430. The molecule has 1 amide bonds. The van der Waals surface area contributed by atoms with Crippen molar-refractivity contribution in [1.29, 1.82) is 0 Å². The molecule has 0 fully saturated rings. The SMILES string of the molecule is COc1ccccc1-c1cc(C(=O)Nc2ccccc2Cc2nc(-c3ccncc3)no2)[nH]n1. The number of nitrogens with one attached hydrogen (secondary N) is 2. The minimum absolute atomic E-state index is 0.316. The molecule has 0 saturated carbocycles. The van der Waals surface area contributed by atoms with Crippen LogP contribution in [-0.2, 0) is 6.42 Å². The van der Waals surface area contributed by atoms with Gasteiger partial charge < -0.3 is 14.6 Å². The van der Waals surface area contributed by atoms with Crippen molar-refractivity contribution in [3.05, 3.63) is 96.3 Å². The summed E-state index contributed by atoms with van der Waals surface area (Å²) in [5.41, 5.74) is 4.03. The summed E-state index contributed by atoms with van der Waals surface area (Å²) in [6.45, 7) is 0. The van der Waals surface area contributed by atoms with E-state index in [1.54, 1.807) is 25.6 Å². The number of carbonyl (C=O) groups excluding carboxylic acids is 1. The number of methoxy groups -OCH3 is 1. The van der Waals surface area contributed by atoms with Crippen molar-refractivity contribution in [2.24, 2.45) is 0 Å². The molecule has 34 heavy (non-hydrogen) atoms. The number of ether oxygens (including phenoxy) is 1. The van der Waals surface area contributed by atoms with Crippen molar-refractivity contribution >= 4 is 11.6 Å². The molecule has 0 bridgehead atoms. The molecule has 0 atom stereocenters. The second-order valence-corrected chi connectivity index (χ2v) is 7.40. The summed E-state index contributed by atoms with van der Waals surface area (Å²) < 4.78 is 10.8. The second kappa shape index (κ2) is 9.37. The lowest BCUT2D eigenvalue weighted by atomic mass is 10.1. The normalized spacial score (nSPS) is 10.7. The van der Waals surface area contributed by atoms with E-state index in [-0.39, 0.29) is 5.91 Å². The van der Waals surface area contributed by atoms with Crippen LogP contribution in [0.3, 0.4) is 0 Å². The number of carbonyl (C=O) groups is 1. The molecular formula is C25H20N6O3. The Morgan fingerprint density at radius 3 is 2.71 bits per heavy atom. The fourth-order valence-corrected chi connectivity index (χ4v) is 3.53. The topological polar surface area (TPSA) is 119 Å². The van der Waals surface area contributed by atoms with Gasteiger partial charge in [-0.15, -0.1) is 0 Å². The molecule has 0 saturated heterocycles. The van der Waals surface area contributed by atoms with Gasteiger partial charge in [0.05, 0.1) is 19.2 Å². The minimum Gasteiger partial charge on any atom is -0.496 e. The van der Waals surface area contributed by atoms with Gasteiger partial charge >= 0.3 is 0 Å². The first-order valence-corrected chi connectivity index (χ1v) is 10.5. The fraction of sp³-hybridized carbons (Fsp3) is 0.0800. The summed E-state index contributed by atoms with van der Waals surface area (Å²) in [6.07, 6.45) is 3.71. The van der Waals surface area contributed by atoms with Crippen LogP contribution >= 0.6 is 0 Å². The van der Waals surface area contributed by atoms with Gasteiger partial charge in [-0.3, -0.25) is 14.9 Å². The van der Waals surface area contributed by atoms with Crippen molar-refractivity contribution in [2.75, 3.05) is 12.4 Å². The van der Waals surface area contributed by atoms with Crippen molar-refractivity contribution in [1.82, 2.24) is 25.3 Å². The molecule has 9 nitrogen and oxygen atoms in total. The van der Waals surface area contributed by atoms with E-state index in [9.17, 15) is 4.79 Å². The number of para-hydroxylation sites is 2. The monoisotopic (exact) mass is 452 g/mol. The molecule has 5 aromatic rings. The second-order valence-electron chi connectivity index (χ2n) is 7.40. The Morgan fingerprint density at radius 1 is 1.06 bits per heavy atom. The number of aromatic nitrogens is 5. The highest BCUT2D eigenvalue weighted by molar-refractivity contribution is 6.04. The molecule has 168 valence electrons. The van der Waals surface area contributed by atoms with Gasteiger partial charge in [-0.1, -0.05) is 35.5 Å². The summed E-state index contributed by atoms with van der Waals surface area (Å²) in [5.74, 6) is 1.29. The molecule has 0 aliphatic heterocycles. The molecule has 3 aromatic heterocycles. The number of anilines is 1. The molecule has 0 unspecified atom stereocenters. The first kappa shape index (κ1) is 21.1. The number of rotatable bonds is 7. The largest absolute Gasteiger partial charge is 0.496 e. The maximum Gasteiger partial charge on any atom is 0.273 e. The van der Waals surface area contributed by atoms with Crippen molar-refractivity contribution in [2.45, 2.75) is 6.42 Å². The zero-order valence-electron chi connectivity index (χ0n) is 18.2. The van der Waals surface area contributed by atoms with E-state index in [1.807, 2.05) is 60.7 Å².